The van der Waals surface area contributed by atoms with Gasteiger partial charge in [-0.15, -0.1) is 10.2 Å². The fourth-order valence-corrected chi connectivity index (χ4v) is 1.38. The van der Waals surface area contributed by atoms with E-state index in [0.717, 1.165) is 0 Å². The van der Waals surface area contributed by atoms with Gasteiger partial charge >= 0.3 is 6.18 Å². The van der Waals surface area contributed by atoms with E-state index in [9.17, 15) is 18.0 Å². The summed E-state index contributed by atoms with van der Waals surface area (Å²) in [4.78, 5) is 11.3. The SMILES string of the molecule is O=C(CCC(F)(F)F)Nc1ccc2nncn2c1. The number of nitrogens with zero attached hydrogens (tertiary/aromatic N) is 3. The first-order chi connectivity index (χ1) is 8.44. The smallest absolute Gasteiger partial charge is 0.325 e. The van der Waals surface area contributed by atoms with Crippen LogP contribution in [-0.4, -0.2) is 26.7 Å². The van der Waals surface area contributed by atoms with Crippen LogP contribution in [0, 0.1) is 0 Å². The number of hydrogen-bond acceptors (Lipinski definition) is 3. The minimum Gasteiger partial charge on any atom is -0.325 e. The zero-order chi connectivity index (χ0) is 13.2. The number of anilines is 1. The zero-order valence-corrected chi connectivity index (χ0v) is 9.11. The van der Waals surface area contributed by atoms with Crippen molar-refractivity contribution in [3.63, 3.8) is 0 Å². The molecule has 0 saturated carbocycles. The summed E-state index contributed by atoms with van der Waals surface area (Å²) in [6, 6.07) is 3.15. The van der Waals surface area contributed by atoms with Gasteiger partial charge in [-0.2, -0.15) is 13.2 Å². The predicted octanol–water partition coefficient (Wildman–Crippen LogP) is 2.01. The molecule has 5 nitrogen and oxygen atoms in total. The van der Waals surface area contributed by atoms with Gasteiger partial charge in [0.15, 0.2) is 5.65 Å². The molecule has 0 aliphatic heterocycles. The van der Waals surface area contributed by atoms with Crippen LogP contribution < -0.4 is 5.32 Å². The second-order valence-corrected chi connectivity index (χ2v) is 3.68. The number of nitrogens with one attached hydrogen (secondary N) is 1. The van der Waals surface area contributed by atoms with E-state index in [0.29, 0.717) is 11.3 Å². The zero-order valence-electron chi connectivity index (χ0n) is 9.11. The first-order valence-corrected chi connectivity index (χ1v) is 5.10. The van der Waals surface area contributed by atoms with Gasteiger partial charge in [-0.25, -0.2) is 0 Å². The van der Waals surface area contributed by atoms with Crippen LogP contribution in [0.1, 0.15) is 12.8 Å². The summed E-state index contributed by atoms with van der Waals surface area (Å²) in [7, 11) is 0. The van der Waals surface area contributed by atoms with E-state index in [1.807, 2.05) is 0 Å². The Morgan fingerprint density at radius 3 is 2.89 bits per heavy atom. The summed E-state index contributed by atoms with van der Waals surface area (Å²) in [5.41, 5.74) is 0.984. The average Bonchev–Trinajstić information content (AvgIpc) is 2.72. The van der Waals surface area contributed by atoms with Crippen molar-refractivity contribution in [3.8, 4) is 0 Å². The van der Waals surface area contributed by atoms with Gasteiger partial charge in [-0.05, 0) is 12.1 Å². The van der Waals surface area contributed by atoms with Crippen molar-refractivity contribution in [2.75, 3.05) is 5.32 Å². The Balaban J connectivity index is 1.98. The number of rotatable bonds is 3. The molecule has 2 heterocycles. The van der Waals surface area contributed by atoms with Crippen molar-refractivity contribution in [1.29, 1.82) is 0 Å². The van der Waals surface area contributed by atoms with Crippen LogP contribution in [0.4, 0.5) is 18.9 Å². The van der Waals surface area contributed by atoms with Crippen molar-refractivity contribution < 1.29 is 18.0 Å². The summed E-state index contributed by atoms with van der Waals surface area (Å²) in [6.07, 6.45) is -3.09. The summed E-state index contributed by atoms with van der Waals surface area (Å²) < 4.78 is 37.3. The number of aromatic nitrogens is 3. The Hall–Kier alpha value is -2.12. The number of amides is 1. The third kappa shape index (κ3) is 3.19. The van der Waals surface area contributed by atoms with Crippen LogP contribution >= 0.6 is 0 Å². The maximum Gasteiger partial charge on any atom is 0.389 e. The van der Waals surface area contributed by atoms with E-state index >= 15 is 0 Å². The minimum absolute atomic E-state index is 0.398. The van der Waals surface area contributed by atoms with Crippen LogP contribution in [0.3, 0.4) is 0 Å². The Morgan fingerprint density at radius 1 is 1.39 bits per heavy atom. The quantitative estimate of drug-likeness (QED) is 0.916. The molecule has 0 aliphatic carbocycles. The molecule has 96 valence electrons. The van der Waals surface area contributed by atoms with Gasteiger partial charge in [0.25, 0.3) is 0 Å². The number of pyridine rings is 1. The summed E-state index contributed by atoms with van der Waals surface area (Å²) in [5, 5.41) is 9.78. The highest BCUT2D eigenvalue weighted by Crippen LogP contribution is 2.21. The van der Waals surface area contributed by atoms with Gasteiger partial charge in [0.05, 0.1) is 12.1 Å². The molecule has 0 bridgehead atoms. The molecule has 2 aromatic heterocycles. The molecular weight excluding hydrogens is 249 g/mol. The topological polar surface area (TPSA) is 59.3 Å². The molecule has 1 amide bonds. The predicted molar refractivity (Wildman–Crippen MR) is 56.9 cm³/mol. The molecule has 0 radical (unpaired) electrons. The normalized spacial score (nSPS) is 11.7. The summed E-state index contributed by atoms with van der Waals surface area (Å²) >= 11 is 0. The fraction of sp³-hybridized carbons (Fsp3) is 0.300. The highest BCUT2D eigenvalue weighted by molar-refractivity contribution is 5.90. The maximum atomic E-state index is 11.9. The van der Waals surface area contributed by atoms with E-state index < -0.39 is 24.9 Å². The van der Waals surface area contributed by atoms with Gasteiger partial charge in [0.2, 0.25) is 5.91 Å². The Bertz CT molecular complexity index is 563. The molecule has 2 rings (SSSR count). The van der Waals surface area contributed by atoms with Crippen molar-refractivity contribution in [2.24, 2.45) is 0 Å². The number of alkyl halides is 3. The van der Waals surface area contributed by atoms with Crippen LogP contribution in [0.5, 0.6) is 0 Å². The highest BCUT2D eigenvalue weighted by atomic mass is 19.4. The Kier molecular flexibility index (Phi) is 3.17. The van der Waals surface area contributed by atoms with Gasteiger partial charge in [-0.3, -0.25) is 9.20 Å². The molecular formula is C10H9F3N4O. The molecule has 0 aromatic carbocycles. The van der Waals surface area contributed by atoms with Crippen LogP contribution in [0.25, 0.3) is 5.65 Å². The number of carbonyl (C=O) groups is 1. The van der Waals surface area contributed by atoms with Crippen molar-refractivity contribution in [3.05, 3.63) is 24.7 Å². The van der Waals surface area contributed by atoms with Crippen molar-refractivity contribution in [1.82, 2.24) is 14.6 Å². The Labute approximate surface area is 99.6 Å². The molecule has 1 N–H and O–H groups in total. The fourth-order valence-electron chi connectivity index (χ4n) is 1.38. The average molecular weight is 258 g/mol. The number of fused-ring (bicyclic) bond motifs is 1. The van der Waals surface area contributed by atoms with E-state index in [4.69, 9.17) is 0 Å². The molecule has 8 heteroatoms. The Morgan fingerprint density at radius 2 is 2.17 bits per heavy atom. The van der Waals surface area contributed by atoms with Gasteiger partial charge in [-0.1, -0.05) is 0 Å². The highest BCUT2D eigenvalue weighted by Gasteiger charge is 2.27. The summed E-state index contributed by atoms with van der Waals surface area (Å²) in [5.74, 6) is -0.681. The van der Waals surface area contributed by atoms with E-state index in [-0.39, 0.29) is 0 Å². The molecule has 2 aromatic rings. The molecule has 0 spiro atoms. The largest absolute Gasteiger partial charge is 0.389 e. The molecule has 0 fully saturated rings. The van der Waals surface area contributed by atoms with E-state index in [2.05, 4.69) is 15.5 Å². The number of hydrogen-bond donors (Lipinski definition) is 1. The first-order valence-electron chi connectivity index (χ1n) is 5.10. The van der Waals surface area contributed by atoms with Crippen molar-refractivity contribution in [2.45, 2.75) is 19.0 Å². The lowest BCUT2D eigenvalue weighted by Crippen LogP contribution is -2.16. The first kappa shape index (κ1) is 12.3. The van der Waals surface area contributed by atoms with Crippen molar-refractivity contribution >= 4 is 17.2 Å². The van der Waals surface area contributed by atoms with Crippen LogP contribution in [-0.2, 0) is 4.79 Å². The van der Waals surface area contributed by atoms with Crippen LogP contribution in [0.2, 0.25) is 0 Å². The molecule has 18 heavy (non-hydrogen) atoms. The van der Waals surface area contributed by atoms with Gasteiger partial charge < -0.3 is 5.32 Å². The maximum absolute atomic E-state index is 11.9. The van der Waals surface area contributed by atoms with Gasteiger partial charge in [0.1, 0.15) is 6.33 Å². The lowest BCUT2D eigenvalue weighted by atomic mass is 10.3. The molecule has 0 unspecified atom stereocenters. The monoisotopic (exact) mass is 258 g/mol. The second-order valence-electron chi connectivity index (χ2n) is 3.68. The van der Waals surface area contributed by atoms with Gasteiger partial charge in [0, 0.05) is 12.6 Å². The lowest BCUT2D eigenvalue weighted by molar-refractivity contribution is -0.142. The standard InChI is InChI=1S/C10H9F3N4O/c11-10(12,13)4-3-9(18)15-7-1-2-8-16-14-6-17(8)5-7/h1-2,5-6H,3-4H2,(H,15,18). The molecule has 0 aliphatic rings. The lowest BCUT2D eigenvalue weighted by Gasteiger charge is -2.07. The van der Waals surface area contributed by atoms with E-state index in [1.165, 1.54) is 12.5 Å². The number of carbonyl (C=O) groups excluding carboxylic acids is 1. The van der Waals surface area contributed by atoms with Crippen LogP contribution in [0.15, 0.2) is 24.7 Å². The third-order valence-electron chi connectivity index (χ3n) is 2.21. The number of halogens is 3. The molecule has 0 saturated heterocycles. The minimum atomic E-state index is -4.32. The second kappa shape index (κ2) is 4.63. The summed E-state index contributed by atoms with van der Waals surface area (Å²) in [6.45, 7) is 0. The third-order valence-corrected chi connectivity index (χ3v) is 2.21. The molecule has 0 atom stereocenters. The van der Waals surface area contributed by atoms with E-state index in [1.54, 1.807) is 16.5 Å².